The quantitative estimate of drug-likeness (QED) is 0.856. The van der Waals surface area contributed by atoms with Gasteiger partial charge in [0.15, 0.2) is 0 Å². The van der Waals surface area contributed by atoms with Gasteiger partial charge in [-0.2, -0.15) is 0 Å². The van der Waals surface area contributed by atoms with Gasteiger partial charge in [-0.15, -0.1) is 0 Å². The van der Waals surface area contributed by atoms with E-state index in [1.165, 1.54) is 0 Å². The number of rotatable bonds is 4. The maximum Gasteiger partial charge on any atom is 0.241 e. The normalized spacial score (nSPS) is 20.4. The summed E-state index contributed by atoms with van der Waals surface area (Å²) in [5.74, 6) is -0.149. The van der Waals surface area contributed by atoms with E-state index >= 15 is 0 Å². The number of hydrogen-bond acceptors (Lipinski definition) is 3. The summed E-state index contributed by atoms with van der Waals surface area (Å²) in [5, 5.41) is 0. The number of sulfonamides is 1. The molecular weight excluding hydrogens is 252 g/mol. The fourth-order valence-corrected chi connectivity index (χ4v) is 2.80. The van der Waals surface area contributed by atoms with Crippen LogP contribution in [0.4, 0.5) is 0 Å². The Labute approximate surface area is 107 Å². The predicted molar refractivity (Wildman–Crippen MR) is 68.2 cm³/mol. The molecule has 0 radical (unpaired) electrons. The standard InChI is InChI=1S/C12H16N2O3S/c1-18(16,17)13-11-7-8-14(12(11)15)9-10-5-3-2-4-6-10/h2-6,11,13H,7-9H2,1H3/t11-/m1/s1. The summed E-state index contributed by atoms with van der Waals surface area (Å²) in [4.78, 5) is 13.7. The molecule has 1 N–H and O–H groups in total. The zero-order chi connectivity index (χ0) is 13.2. The number of nitrogens with zero attached hydrogens (tertiary/aromatic N) is 1. The monoisotopic (exact) mass is 268 g/mol. The molecule has 0 unspecified atom stereocenters. The van der Waals surface area contributed by atoms with Crippen LogP contribution in [-0.2, 0) is 21.4 Å². The minimum Gasteiger partial charge on any atom is -0.337 e. The predicted octanol–water partition coefficient (Wildman–Crippen LogP) is 0.337. The van der Waals surface area contributed by atoms with Crippen LogP contribution in [0.3, 0.4) is 0 Å². The first-order valence-corrected chi connectivity index (χ1v) is 7.65. The second-order valence-electron chi connectivity index (χ2n) is 4.48. The van der Waals surface area contributed by atoms with Gasteiger partial charge in [-0.1, -0.05) is 30.3 Å². The van der Waals surface area contributed by atoms with Crippen LogP contribution < -0.4 is 4.72 Å². The molecule has 5 nitrogen and oxygen atoms in total. The number of hydrogen-bond donors (Lipinski definition) is 1. The summed E-state index contributed by atoms with van der Waals surface area (Å²) in [6.45, 7) is 1.11. The van der Waals surface area contributed by atoms with Gasteiger partial charge in [0.2, 0.25) is 15.9 Å². The van der Waals surface area contributed by atoms with Crippen LogP contribution in [0.15, 0.2) is 30.3 Å². The lowest BCUT2D eigenvalue weighted by Gasteiger charge is -2.16. The number of carbonyl (C=O) groups excluding carboxylic acids is 1. The van der Waals surface area contributed by atoms with Crippen LogP contribution in [-0.4, -0.2) is 38.1 Å². The molecule has 0 spiro atoms. The van der Waals surface area contributed by atoms with Gasteiger partial charge in [-0.3, -0.25) is 4.79 Å². The van der Waals surface area contributed by atoms with E-state index in [1.54, 1.807) is 4.90 Å². The molecule has 2 rings (SSSR count). The van der Waals surface area contributed by atoms with E-state index in [0.717, 1.165) is 11.8 Å². The minimum absolute atomic E-state index is 0.149. The first-order valence-electron chi connectivity index (χ1n) is 5.76. The Hall–Kier alpha value is -1.40. The van der Waals surface area contributed by atoms with Crippen molar-refractivity contribution in [1.29, 1.82) is 0 Å². The molecule has 1 aliphatic heterocycles. The highest BCUT2D eigenvalue weighted by Crippen LogP contribution is 2.15. The lowest BCUT2D eigenvalue weighted by Crippen LogP contribution is -2.40. The second kappa shape index (κ2) is 5.07. The van der Waals surface area contributed by atoms with Gasteiger partial charge in [0, 0.05) is 13.1 Å². The highest BCUT2D eigenvalue weighted by molar-refractivity contribution is 7.88. The maximum absolute atomic E-state index is 12.0. The summed E-state index contributed by atoms with van der Waals surface area (Å²) in [6, 6.07) is 9.05. The topological polar surface area (TPSA) is 66.5 Å². The smallest absolute Gasteiger partial charge is 0.241 e. The van der Waals surface area contributed by atoms with Crippen molar-refractivity contribution in [3.63, 3.8) is 0 Å². The minimum atomic E-state index is -3.33. The summed E-state index contributed by atoms with van der Waals surface area (Å²) < 4.78 is 24.6. The highest BCUT2D eigenvalue weighted by Gasteiger charge is 2.33. The van der Waals surface area contributed by atoms with Crippen LogP contribution in [0.5, 0.6) is 0 Å². The molecule has 0 aliphatic carbocycles. The Morgan fingerprint density at radius 2 is 2.00 bits per heavy atom. The first-order chi connectivity index (χ1) is 8.46. The third-order valence-electron chi connectivity index (χ3n) is 2.87. The SMILES string of the molecule is CS(=O)(=O)N[C@@H]1CCN(Cc2ccccc2)C1=O. The molecule has 1 atom stereocenters. The van der Waals surface area contributed by atoms with Gasteiger partial charge < -0.3 is 4.90 Å². The van der Waals surface area contributed by atoms with Crippen molar-refractivity contribution in [3.8, 4) is 0 Å². The molecule has 98 valence electrons. The third kappa shape index (κ3) is 3.30. The Bertz CT molecular complexity index is 528. The largest absolute Gasteiger partial charge is 0.337 e. The molecule has 1 fully saturated rings. The van der Waals surface area contributed by atoms with E-state index in [1.807, 2.05) is 30.3 Å². The van der Waals surface area contributed by atoms with E-state index in [-0.39, 0.29) is 5.91 Å². The Morgan fingerprint density at radius 3 is 2.61 bits per heavy atom. The highest BCUT2D eigenvalue weighted by atomic mass is 32.2. The zero-order valence-electron chi connectivity index (χ0n) is 10.2. The van der Waals surface area contributed by atoms with E-state index in [4.69, 9.17) is 0 Å². The van der Waals surface area contributed by atoms with E-state index in [2.05, 4.69) is 4.72 Å². The Morgan fingerprint density at radius 1 is 1.33 bits per heavy atom. The van der Waals surface area contributed by atoms with Crippen molar-refractivity contribution in [1.82, 2.24) is 9.62 Å². The Kier molecular flexibility index (Phi) is 3.68. The molecule has 1 aromatic carbocycles. The summed E-state index contributed by atoms with van der Waals surface area (Å²) in [7, 11) is -3.33. The maximum atomic E-state index is 12.0. The molecule has 0 saturated carbocycles. The van der Waals surface area contributed by atoms with Gasteiger partial charge in [-0.05, 0) is 12.0 Å². The molecule has 0 bridgehead atoms. The molecule has 0 aromatic heterocycles. The molecule has 1 heterocycles. The number of likely N-dealkylation sites (tertiary alicyclic amines) is 1. The molecule has 1 saturated heterocycles. The average Bonchev–Trinajstić information content (AvgIpc) is 2.61. The van der Waals surface area contributed by atoms with Crippen molar-refractivity contribution in [3.05, 3.63) is 35.9 Å². The second-order valence-corrected chi connectivity index (χ2v) is 6.26. The van der Waals surface area contributed by atoms with Gasteiger partial charge >= 0.3 is 0 Å². The van der Waals surface area contributed by atoms with Gasteiger partial charge in [0.25, 0.3) is 0 Å². The lowest BCUT2D eigenvalue weighted by molar-refractivity contribution is -0.129. The first kappa shape index (κ1) is 13.0. The summed E-state index contributed by atoms with van der Waals surface area (Å²) in [5.41, 5.74) is 1.05. The van der Waals surface area contributed by atoms with E-state index in [9.17, 15) is 13.2 Å². The van der Waals surface area contributed by atoms with Crippen LogP contribution in [0.2, 0.25) is 0 Å². The van der Waals surface area contributed by atoms with Crippen molar-refractivity contribution < 1.29 is 13.2 Å². The summed E-state index contributed by atoms with van der Waals surface area (Å²) >= 11 is 0. The van der Waals surface area contributed by atoms with E-state index < -0.39 is 16.1 Å². The van der Waals surface area contributed by atoms with Gasteiger partial charge in [0.05, 0.1) is 6.26 Å². The summed E-state index contributed by atoms with van der Waals surface area (Å²) in [6.07, 6.45) is 1.60. The van der Waals surface area contributed by atoms with Gasteiger partial charge in [0.1, 0.15) is 6.04 Å². The van der Waals surface area contributed by atoms with Crippen molar-refractivity contribution >= 4 is 15.9 Å². The molecule has 1 aliphatic rings. The number of benzene rings is 1. The fraction of sp³-hybridized carbons (Fsp3) is 0.417. The van der Waals surface area contributed by atoms with E-state index in [0.29, 0.717) is 19.5 Å². The van der Waals surface area contributed by atoms with Crippen molar-refractivity contribution in [2.75, 3.05) is 12.8 Å². The van der Waals surface area contributed by atoms with Crippen LogP contribution >= 0.6 is 0 Å². The van der Waals surface area contributed by atoms with Crippen LogP contribution in [0.1, 0.15) is 12.0 Å². The van der Waals surface area contributed by atoms with Gasteiger partial charge in [-0.25, -0.2) is 13.1 Å². The zero-order valence-corrected chi connectivity index (χ0v) is 11.0. The molecule has 1 aromatic rings. The molecule has 1 amide bonds. The van der Waals surface area contributed by atoms with Crippen molar-refractivity contribution in [2.24, 2.45) is 0 Å². The molecule has 6 heteroatoms. The number of carbonyl (C=O) groups is 1. The third-order valence-corrected chi connectivity index (χ3v) is 3.58. The Balaban J connectivity index is 2.00. The van der Waals surface area contributed by atoms with Crippen LogP contribution in [0.25, 0.3) is 0 Å². The number of amides is 1. The molecule has 18 heavy (non-hydrogen) atoms. The average molecular weight is 268 g/mol. The molecular formula is C12H16N2O3S. The fourth-order valence-electron chi connectivity index (χ4n) is 2.07. The lowest BCUT2D eigenvalue weighted by atomic mass is 10.2. The van der Waals surface area contributed by atoms with Crippen LogP contribution in [0, 0.1) is 0 Å². The number of nitrogens with one attached hydrogen (secondary N) is 1. The van der Waals surface area contributed by atoms with Crippen molar-refractivity contribution in [2.45, 2.75) is 19.0 Å².